The number of amides is 1. The van der Waals surface area contributed by atoms with Crippen molar-refractivity contribution < 1.29 is 18.1 Å². The lowest BCUT2D eigenvalue weighted by Gasteiger charge is -2.16. The van der Waals surface area contributed by atoms with E-state index in [2.05, 4.69) is 18.3 Å². The van der Waals surface area contributed by atoms with Gasteiger partial charge in [-0.2, -0.15) is 0 Å². The first-order valence-corrected chi connectivity index (χ1v) is 10.6. The zero-order valence-electron chi connectivity index (χ0n) is 14.2. The minimum Gasteiger partial charge on any atom is -0.351 e. The van der Waals surface area contributed by atoms with Gasteiger partial charge in [0.25, 0.3) is 5.91 Å². The molecule has 0 aliphatic heterocycles. The fourth-order valence-electron chi connectivity index (χ4n) is 2.45. The smallest absolute Gasteiger partial charge is 0.275 e. The van der Waals surface area contributed by atoms with Crippen molar-refractivity contribution in [2.45, 2.75) is 24.8 Å². The van der Waals surface area contributed by atoms with Crippen molar-refractivity contribution in [2.75, 3.05) is 19.6 Å². The second-order valence-corrected chi connectivity index (χ2v) is 8.42. The summed E-state index contributed by atoms with van der Waals surface area (Å²) in [5, 5.41) is 10.0. The Balaban J connectivity index is 1.76. The number of carbonyl (C=O) groups excluding carboxylic acids is 1. The van der Waals surface area contributed by atoms with Crippen LogP contribution in [0.2, 0.25) is 0 Å². The van der Waals surface area contributed by atoms with Gasteiger partial charge in [-0.05, 0) is 42.5 Å². The highest BCUT2D eigenvalue weighted by Crippen LogP contribution is 2.09. The number of benzene rings is 1. The van der Waals surface area contributed by atoms with E-state index in [1.807, 2.05) is 11.4 Å². The first-order chi connectivity index (χ1) is 11.9. The summed E-state index contributed by atoms with van der Waals surface area (Å²) in [6.45, 7) is 4.78. The van der Waals surface area contributed by atoms with Gasteiger partial charge in [-0.25, -0.2) is 13.6 Å². The minimum atomic E-state index is -3.66. The number of rotatable bonds is 9. The Labute approximate surface area is 152 Å². The summed E-state index contributed by atoms with van der Waals surface area (Å²) in [6, 6.07) is 10.5. The van der Waals surface area contributed by atoms with Gasteiger partial charge in [0.05, 0.1) is 16.3 Å². The van der Waals surface area contributed by atoms with Crippen molar-refractivity contribution >= 4 is 27.3 Å². The lowest BCUT2D eigenvalue weighted by molar-refractivity contribution is -0.903. The van der Waals surface area contributed by atoms with E-state index in [4.69, 9.17) is 5.14 Å². The predicted molar refractivity (Wildman–Crippen MR) is 98.9 cm³/mol. The van der Waals surface area contributed by atoms with Crippen molar-refractivity contribution in [3.05, 3.63) is 52.2 Å². The van der Waals surface area contributed by atoms with Gasteiger partial charge in [0.2, 0.25) is 10.0 Å². The van der Waals surface area contributed by atoms with E-state index >= 15 is 0 Å². The molecule has 1 unspecified atom stereocenters. The average molecular weight is 383 g/mol. The number of hydrogen-bond donors (Lipinski definition) is 3. The van der Waals surface area contributed by atoms with Crippen LogP contribution in [0.4, 0.5) is 0 Å². The van der Waals surface area contributed by atoms with Crippen molar-refractivity contribution in [1.82, 2.24) is 5.32 Å². The maximum atomic E-state index is 12.1. The van der Waals surface area contributed by atoms with Gasteiger partial charge in [-0.3, -0.25) is 4.79 Å². The molecule has 1 amide bonds. The number of hydrogen-bond acceptors (Lipinski definition) is 4. The number of primary sulfonamides is 1. The van der Waals surface area contributed by atoms with Crippen LogP contribution in [-0.4, -0.2) is 34.0 Å². The topological polar surface area (TPSA) is 93.7 Å². The van der Waals surface area contributed by atoms with Crippen LogP contribution in [0.1, 0.15) is 17.4 Å². The Hall–Kier alpha value is -1.74. The second-order valence-electron chi connectivity index (χ2n) is 5.83. The molecule has 6 nitrogen and oxygen atoms in total. The Morgan fingerprint density at radius 1 is 1.24 bits per heavy atom. The van der Waals surface area contributed by atoms with E-state index < -0.39 is 10.0 Å². The summed E-state index contributed by atoms with van der Waals surface area (Å²) < 4.78 is 22.4. The van der Waals surface area contributed by atoms with Gasteiger partial charge >= 0.3 is 0 Å². The molecule has 1 atom stereocenters. The minimum absolute atomic E-state index is 0.0227. The SMILES string of the molecule is CC[NH+](CC(=O)NCCc1ccc(S(N)(=O)=O)cc1)Cc1cccs1. The van der Waals surface area contributed by atoms with Crippen molar-refractivity contribution in [2.24, 2.45) is 5.14 Å². The van der Waals surface area contributed by atoms with Crippen LogP contribution >= 0.6 is 11.3 Å². The Morgan fingerprint density at radius 2 is 1.96 bits per heavy atom. The quantitative estimate of drug-likeness (QED) is 0.577. The summed E-state index contributed by atoms with van der Waals surface area (Å²) >= 11 is 1.71. The van der Waals surface area contributed by atoms with E-state index in [1.54, 1.807) is 23.5 Å². The lowest BCUT2D eigenvalue weighted by Crippen LogP contribution is -3.11. The molecule has 4 N–H and O–H groups in total. The maximum absolute atomic E-state index is 12.1. The number of sulfonamides is 1. The van der Waals surface area contributed by atoms with Crippen LogP contribution in [-0.2, 0) is 27.8 Å². The van der Waals surface area contributed by atoms with E-state index in [0.717, 1.165) is 18.7 Å². The van der Waals surface area contributed by atoms with Crippen LogP contribution in [0.25, 0.3) is 0 Å². The summed E-state index contributed by atoms with van der Waals surface area (Å²) in [6.07, 6.45) is 0.642. The summed E-state index contributed by atoms with van der Waals surface area (Å²) in [7, 11) is -3.66. The molecular weight excluding hydrogens is 358 g/mol. The third-order valence-electron chi connectivity index (χ3n) is 3.90. The van der Waals surface area contributed by atoms with Gasteiger partial charge in [-0.15, -0.1) is 11.3 Å². The molecule has 136 valence electrons. The number of quaternary nitrogens is 1. The highest BCUT2D eigenvalue weighted by atomic mass is 32.2. The highest BCUT2D eigenvalue weighted by Gasteiger charge is 2.13. The first-order valence-electron chi connectivity index (χ1n) is 8.13. The third kappa shape index (κ3) is 6.58. The van der Waals surface area contributed by atoms with E-state index in [0.29, 0.717) is 19.5 Å². The largest absolute Gasteiger partial charge is 0.351 e. The fourth-order valence-corrected chi connectivity index (χ4v) is 3.75. The molecule has 0 saturated carbocycles. The molecule has 1 aromatic heterocycles. The lowest BCUT2D eigenvalue weighted by atomic mass is 10.1. The predicted octanol–water partition coefficient (Wildman–Crippen LogP) is 0.159. The molecule has 0 aliphatic rings. The first kappa shape index (κ1) is 19.6. The number of nitrogens with two attached hydrogens (primary N) is 1. The molecule has 0 fully saturated rings. The maximum Gasteiger partial charge on any atom is 0.275 e. The normalized spacial score (nSPS) is 12.7. The van der Waals surface area contributed by atoms with E-state index in [9.17, 15) is 13.2 Å². The molecule has 1 heterocycles. The molecule has 1 aromatic carbocycles. The standard InChI is InChI=1S/C17H23N3O3S2/c1-2-20(12-15-4-3-11-24-15)13-17(21)19-10-9-14-5-7-16(8-6-14)25(18,22)23/h3-8,11H,2,9-10,12-13H2,1H3,(H,19,21)(H2,18,22,23)/p+1. The molecular formula is C17H24N3O3S2+. The fraction of sp³-hybridized carbons (Fsp3) is 0.353. The Bertz CT molecular complexity index is 772. The van der Waals surface area contributed by atoms with E-state index in [-0.39, 0.29) is 10.8 Å². The summed E-state index contributed by atoms with van der Waals surface area (Å²) in [5.41, 5.74) is 0.950. The van der Waals surface area contributed by atoms with Crippen LogP contribution in [0.3, 0.4) is 0 Å². The summed E-state index contributed by atoms with van der Waals surface area (Å²) in [4.78, 5) is 14.7. The van der Waals surface area contributed by atoms with E-state index in [1.165, 1.54) is 21.9 Å². The Kier molecular flexibility index (Phi) is 7.12. The third-order valence-corrected chi connectivity index (χ3v) is 5.71. The van der Waals surface area contributed by atoms with Gasteiger partial charge in [-0.1, -0.05) is 18.2 Å². The molecule has 0 radical (unpaired) electrons. The molecule has 0 aliphatic carbocycles. The molecule has 8 heteroatoms. The number of carbonyl (C=O) groups is 1. The monoisotopic (exact) mass is 382 g/mol. The van der Waals surface area contributed by atoms with Crippen LogP contribution in [0, 0.1) is 0 Å². The zero-order valence-corrected chi connectivity index (χ0v) is 15.8. The van der Waals surface area contributed by atoms with Crippen LogP contribution < -0.4 is 15.4 Å². The second kappa shape index (κ2) is 9.10. The number of thiophene rings is 1. The molecule has 2 aromatic rings. The van der Waals surface area contributed by atoms with Gasteiger partial charge < -0.3 is 10.2 Å². The molecule has 0 bridgehead atoms. The zero-order chi connectivity index (χ0) is 18.3. The average Bonchev–Trinajstić information content (AvgIpc) is 3.07. The van der Waals surface area contributed by atoms with Crippen LogP contribution in [0.5, 0.6) is 0 Å². The van der Waals surface area contributed by atoms with Crippen molar-refractivity contribution in [3.63, 3.8) is 0 Å². The molecule has 0 saturated heterocycles. The molecule has 2 rings (SSSR count). The highest BCUT2D eigenvalue weighted by molar-refractivity contribution is 7.89. The van der Waals surface area contributed by atoms with Gasteiger partial charge in [0.1, 0.15) is 6.54 Å². The number of nitrogens with one attached hydrogen (secondary N) is 2. The Morgan fingerprint density at radius 3 is 2.52 bits per heavy atom. The molecule has 0 spiro atoms. The van der Waals surface area contributed by atoms with Crippen LogP contribution in [0.15, 0.2) is 46.7 Å². The summed E-state index contributed by atoms with van der Waals surface area (Å²) in [5.74, 6) is 0.0227. The van der Waals surface area contributed by atoms with Gasteiger partial charge in [0, 0.05) is 6.54 Å². The number of likely N-dealkylation sites (N-methyl/N-ethyl adjacent to an activating group) is 1. The van der Waals surface area contributed by atoms with Crippen molar-refractivity contribution in [1.29, 1.82) is 0 Å². The van der Waals surface area contributed by atoms with Crippen molar-refractivity contribution in [3.8, 4) is 0 Å². The van der Waals surface area contributed by atoms with Gasteiger partial charge in [0.15, 0.2) is 6.54 Å². The molecule has 25 heavy (non-hydrogen) atoms.